The molecule has 0 amide bonds. The van der Waals surface area contributed by atoms with E-state index in [1.54, 1.807) is 27.2 Å². The van der Waals surface area contributed by atoms with E-state index in [2.05, 4.69) is 20.1 Å². The van der Waals surface area contributed by atoms with Crippen molar-refractivity contribution in [3.63, 3.8) is 0 Å². The van der Waals surface area contributed by atoms with Gasteiger partial charge in [0.25, 0.3) is 0 Å². The average Bonchev–Trinajstić information content (AvgIpc) is 2.39. The lowest BCUT2D eigenvalue weighted by molar-refractivity contribution is 0.134. The van der Waals surface area contributed by atoms with E-state index in [0.717, 1.165) is 5.25 Å². The first kappa shape index (κ1) is 31.2. The summed E-state index contributed by atoms with van der Waals surface area (Å²) >= 11 is 1.88. The zero-order valence-corrected chi connectivity index (χ0v) is 19.6. The van der Waals surface area contributed by atoms with E-state index in [9.17, 15) is 12.6 Å². The van der Waals surface area contributed by atoms with Crippen molar-refractivity contribution in [2.45, 2.75) is 77.2 Å². The molecule has 4 nitrogen and oxygen atoms in total. The van der Waals surface area contributed by atoms with Gasteiger partial charge in [-0.15, -0.1) is 0 Å². The molecule has 0 fully saturated rings. The van der Waals surface area contributed by atoms with Crippen LogP contribution in [0.5, 0.6) is 0 Å². The number of ether oxygens (including phenoxy) is 1. The topological polar surface area (TPSA) is 60.4 Å². The molecule has 146 valence electrons. The quantitative estimate of drug-likeness (QED) is 0.723. The molecule has 0 aliphatic rings. The van der Waals surface area contributed by atoms with Crippen molar-refractivity contribution in [2.75, 3.05) is 25.9 Å². The van der Waals surface area contributed by atoms with E-state index in [4.69, 9.17) is 4.74 Å². The Morgan fingerprint density at radius 2 is 1.13 bits per heavy atom. The second-order valence-corrected chi connectivity index (χ2v) is 12.0. The zero-order chi connectivity index (χ0) is 19.8. The van der Waals surface area contributed by atoms with Crippen LogP contribution in [0, 0.1) is 0 Å². The molecule has 0 aromatic rings. The molecule has 0 aliphatic carbocycles. The summed E-state index contributed by atoms with van der Waals surface area (Å²) in [4.78, 5) is 0. The summed E-state index contributed by atoms with van der Waals surface area (Å²) in [7, 11) is -1.66. The number of hydrogen-bond donors (Lipinski definition) is 0. The lowest BCUT2D eigenvalue weighted by Gasteiger charge is -1.96. The van der Waals surface area contributed by atoms with Crippen LogP contribution in [0.4, 0.5) is 0 Å². The maximum Gasteiger partial charge on any atom is 0.149 e. The second-order valence-electron chi connectivity index (χ2n) is 5.99. The second kappa shape index (κ2) is 18.7. The highest BCUT2D eigenvalue weighted by atomic mass is 32.2. The molecule has 0 aromatic carbocycles. The molecule has 0 heterocycles. The fourth-order valence-electron chi connectivity index (χ4n) is 0. The van der Waals surface area contributed by atoms with Crippen molar-refractivity contribution in [1.29, 1.82) is 0 Å². The Morgan fingerprint density at radius 1 is 0.957 bits per heavy atom. The normalized spacial score (nSPS) is 12.0. The molecule has 0 aliphatic heterocycles. The molecule has 0 saturated heterocycles. The van der Waals surface area contributed by atoms with Crippen molar-refractivity contribution in [3.8, 4) is 0 Å². The molecular formula is C16H40O4S3. The Hall–Kier alpha value is 0.410. The lowest BCUT2D eigenvalue weighted by Crippen LogP contribution is -2.10. The minimum absolute atomic E-state index is 0.229. The van der Waals surface area contributed by atoms with Crippen molar-refractivity contribution in [3.05, 3.63) is 0 Å². The Bertz CT molecular complexity index is 340. The van der Waals surface area contributed by atoms with Gasteiger partial charge >= 0.3 is 0 Å². The average molecular weight is 393 g/mol. The molecule has 7 heteroatoms. The molecule has 0 bridgehead atoms. The SMILES string of the molecule is CC(C)S(C)(=O)=O.CC(C)S(C)=O.COC(C)C.CSC(C)C. The highest BCUT2D eigenvalue weighted by Gasteiger charge is 2.05. The number of rotatable bonds is 4. The molecule has 0 N–H and O–H groups in total. The first-order valence-electron chi connectivity index (χ1n) is 7.69. The molecule has 0 saturated carbocycles. The van der Waals surface area contributed by atoms with Gasteiger partial charge in [0.15, 0.2) is 0 Å². The summed E-state index contributed by atoms with van der Waals surface area (Å²) in [6.45, 7) is 15.6. The summed E-state index contributed by atoms with van der Waals surface area (Å²) in [6, 6.07) is 0. The highest BCUT2D eigenvalue weighted by Crippen LogP contribution is 2.00. The molecule has 1 unspecified atom stereocenters. The number of sulfone groups is 1. The summed E-state index contributed by atoms with van der Waals surface area (Å²) in [5.41, 5.74) is 0. The molecule has 23 heavy (non-hydrogen) atoms. The summed E-state index contributed by atoms with van der Waals surface area (Å²) in [5, 5.41) is 0.896. The summed E-state index contributed by atoms with van der Waals surface area (Å²) < 4.78 is 35.7. The van der Waals surface area contributed by atoms with Crippen LogP contribution in [-0.2, 0) is 25.4 Å². The van der Waals surface area contributed by atoms with E-state index in [1.807, 2.05) is 39.5 Å². The maximum absolute atomic E-state index is 10.3. The van der Waals surface area contributed by atoms with Gasteiger partial charge in [-0.1, -0.05) is 27.7 Å². The standard InChI is InChI=1S/C4H10O2S.C4H10OS.C4H10O.C4H10S/c1-4(2)7(3,5)6;1-4(2)6(3)5;2*1-4(2)5-3/h4H,1-3H3;4H,1-3H3;2*4H,1-3H3. The lowest BCUT2D eigenvalue weighted by atomic mass is 10.5. The van der Waals surface area contributed by atoms with Crippen LogP contribution in [0.3, 0.4) is 0 Å². The van der Waals surface area contributed by atoms with E-state index in [1.165, 1.54) is 6.26 Å². The first-order valence-corrected chi connectivity index (χ1v) is 12.6. The van der Waals surface area contributed by atoms with Crippen LogP contribution < -0.4 is 0 Å². The minimum Gasteiger partial charge on any atom is -0.382 e. The third-order valence-electron chi connectivity index (χ3n) is 2.46. The molecule has 0 spiro atoms. The van der Waals surface area contributed by atoms with Crippen molar-refractivity contribution < 1.29 is 17.4 Å². The van der Waals surface area contributed by atoms with Crippen LogP contribution in [-0.4, -0.2) is 60.4 Å². The largest absolute Gasteiger partial charge is 0.382 e. The van der Waals surface area contributed by atoms with Gasteiger partial charge < -0.3 is 4.74 Å². The molecule has 0 aromatic heterocycles. The molecular weight excluding hydrogens is 352 g/mol. The number of methoxy groups -OCH3 is 1. The fourth-order valence-corrected chi connectivity index (χ4v) is 0. The maximum atomic E-state index is 10.3. The van der Waals surface area contributed by atoms with Crippen molar-refractivity contribution in [1.82, 2.24) is 0 Å². The molecule has 0 rings (SSSR count). The fraction of sp³-hybridized carbons (Fsp3) is 1.00. The third-order valence-corrected chi connectivity index (χ3v) is 6.45. The van der Waals surface area contributed by atoms with Gasteiger partial charge in [0, 0.05) is 35.7 Å². The van der Waals surface area contributed by atoms with Crippen LogP contribution in [0.2, 0.25) is 0 Å². The Morgan fingerprint density at radius 3 is 1.13 bits per heavy atom. The van der Waals surface area contributed by atoms with Gasteiger partial charge in [0.1, 0.15) is 9.84 Å². The van der Waals surface area contributed by atoms with Crippen LogP contribution in [0.25, 0.3) is 0 Å². The van der Waals surface area contributed by atoms with E-state index in [0.29, 0.717) is 11.4 Å². The van der Waals surface area contributed by atoms with E-state index < -0.39 is 20.6 Å². The predicted molar refractivity (Wildman–Crippen MR) is 110 cm³/mol. The van der Waals surface area contributed by atoms with Gasteiger partial charge in [-0.25, -0.2) is 8.42 Å². The van der Waals surface area contributed by atoms with Crippen molar-refractivity contribution in [2.24, 2.45) is 0 Å². The van der Waals surface area contributed by atoms with Crippen LogP contribution in [0.1, 0.15) is 55.4 Å². The predicted octanol–water partition coefficient (Wildman–Crippen LogP) is 4.01. The highest BCUT2D eigenvalue weighted by molar-refractivity contribution is 7.99. The van der Waals surface area contributed by atoms with E-state index >= 15 is 0 Å². The molecule has 0 radical (unpaired) electrons. The van der Waals surface area contributed by atoms with Gasteiger partial charge in [-0.05, 0) is 39.2 Å². The van der Waals surface area contributed by atoms with Gasteiger partial charge in [0.2, 0.25) is 0 Å². The van der Waals surface area contributed by atoms with E-state index in [-0.39, 0.29) is 5.25 Å². The van der Waals surface area contributed by atoms with Crippen molar-refractivity contribution >= 4 is 32.4 Å². The molecule has 1 atom stereocenters. The van der Waals surface area contributed by atoms with Crippen LogP contribution >= 0.6 is 11.8 Å². The monoisotopic (exact) mass is 392 g/mol. The first-order chi connectivity index (χ1) is 10.1. The summed E-state index contributed by atoms with van der Waals surface area (Å²) in [5.74, 6) is 0. The number of hydrogen-bond acceptors (Lipinski definition) is 5. The Labute approximate surface area is 152 Å². The minimum atomic E-state index is -2.74. The summed E-state index contributed by atoms with van der Waals surface area (Å²) in [6.07, 6.45) is 5.45. The smallest absolute Gasteiger partial charge is 0.149 e. The van der Waals surface area contributed by atoms with Gasteiger partial charge in [-0.3, -0.25) is 4.21 Å². The zero-order valence-electron chi connectivity index (χ0n) is 17.2. The van der Waals surface area contributed by atoms with Gasteiger partial charge in [-0.2, -0.15) is 11.8 Å². The number of thioether (sulfide) groups is 1. The van der Waals surface area contributed by atoms with Crippen LogP contribution in [0.15, 0.2) is 0 Å². The Balaban J connectivity index is -0.000000106. The Kier molecular flexibility index (Phi) is 25.4. The third kappa shape index (κ3) is 45.0. The van der Waals surface area contributed by atoms with Gasteiger partial charge in [0.05, 0.1) is 11.4 Å².